The molecular formula is C20H17FINO4S. The highest BCUT2D eigenvalue weighted by Crippen LogP contribution is 2.37. The molecule has 0 spiro atoms. The summed E-state index contributed by atoms with van der Waals surface area (Å²) in [5.74, 6) is 0.290. The Morgan fingerprint density at radius 3 is 2.68 bits per heavy atom. The molecule has 2 aromatic rings. The van der Waals surface area contributed by atoms with Crippen molar-refractivity contribution in [1.82, 2.24) is 4.90 Å². The Kier molecular flexibility index (Phi) is 6.61. The van der Waals surface area contributed by atoms with Gasteiger partial charge in [-0.1, -0.05) is 18.2 Å². The van der Waals surface area contributed by atoms with Gasteiger partial charge in [0.05, 0.1) is 28.7 Å². The lowest BCUT2D eigenvalue weighted by Gasteiger charge is -2.13. The number of thioether (sulfide) groups is 1. The van der Waals surface area contributed by atoms with E-state index in [0.717, 1.165) is 20.2 Å². The third-order valence-corrected chi connectivity index (χ3v) is 5.71. The largest absolute Gasteiger partial charge is 0.493 e. The van der Waals surface area contributed by atoms with E-state index in [4.69, 9.17) is 9.47 Å². The Hall–Kier alpha value is -2.07. The van der Waals surface area contributed by atoms with E-state index >= 15 is 0 Å². The number of halogens is 2. The summed E-state index contributed by atoms with van der Waals surface area (Å²) in [6, 6.07) is 9.69. The van der Waals surface area contributed by atoms with Gasteiger partial charge in [-0.05, 0) is 71.1 Å². The number of carbonyl (C=O) groups excluding carboxylic acids is 2. The van der Waals surface area contributed by atoms with E-state index in [1.165, 1.54) is 6.07 Å². The number of ether oxygens (including phenoxy) is 2. The fourth-order valence-corrected chi connectivity index (χ4v) is 4.31. The molecule has 3 rings (SSSR count). The zero-order chi connectivity index (χ0) is 20.3. The maximum absolute atomic E-state index is 13.9. The van der Waals surface area contributed by atoms with Gasteiger partial charge in [-0.25, -0.2) is 4.39 Å². The summed E-state index contributed by atoms with van der Waals surface area (Å²) in [5, 5.41) is -0.424. The van der Waals surface area contributed by atoms with Crippen LogP contribution in [0.3, 0.4) is 0 Å². The lowest BCUT2D eigenvalue weighted by Crippen LogP contribution is -2.27. The molecule has 0 unspecified atom stereocenters. The fraction of sp³-hybridized carbons (Fsp3) is 0.200. The van der Waals surface area contributed by atoms with Gasteiger partial charge < -0.3 is 9.47 Å². The summed E-state index contributed by atoms with van der Waals surface area (Å²) in [7, 11) is 1.54. The summed E-state index contributed by atoms with van der Waals surface area (Å²) < 4.78 is 25.7. The van der Waals surface area contributed by atoms with Crippen LogP contribution in [0.5, 0.6) is 11.5 Å². The van der Waals surface area contributed by atoms with Crippen molar-refractivity contribution in [2.24, 2.45) is 0 Å². The third-order valence-electron chi connectivity index (χ3n) is 4.00. The average molecular weight is 513 g/mol. The quantitative estimate of drug-likeness (QED) is 0.399. The summed E-state index contributed by atoms with van der Waals surface area (Å²) in [6.07, 6.45) is 1.63. The first-order valence-corrected chi connectivity index (χ1v) is 10.3. The average Bonchev–Trinajstić information content (AvgIpc) is 2.92. The first-order chi connectivity index (χ1) is 13.4. The molecule has 1 aliphatic heterocycles. The molecule has 1 aliphatic rings. The molecule has 146 valence electrons. The molecule has 2 aromatic carbocycles. The number of hydrogen-bond donors (Lipinski definition) is 0. The van der Waals surface area contributed by atoms with E-state index < -0.39 is 17.0 Å². The first kappa shape index (κ1) is 20.7. The maximum Gasteiger partial charge on any atom is 0.293 e. The predicted molar refractivity (Wildman–Crippen MR) is 115 cm³/mol. The van der Waals surface area contributed by atoms with Crippen LogP contribution in [0, 0.1) is 9.39 Å². The monoisotopic (exact) mass is 513 g/mol. The highest BCUT2D eigenvalue weighted by Gasteiger charge is 2.35. The second-order valence-corrected chi connectivity index (χ2v) is 7.98. The Labute approximate surface area is 180 Å². The van der Waals surface area contributed by atoms with Gasteiger partial charge in [0.1, 0.15) is 5.82 Å². The molecule has 1 heterocycles. The van der Waals surface area contributed by atoms with Gasteiger partial charge in [0.25, 0.3) is 11.1 Å². The Balaban J connectivity index is 1.87. The standard InChI is InChI=1S/C20H17FINO4S/c1-3-27-18-15(22)8-12(9-16(18)26-2)10-17-19(24)23(20(25)28-17)11-13-6-4-5-7-14(13)21/h4-10H,3,11H2,1-2H3/b17-10-. The molecule has 0 radical (unpaired) electrons. The van der Waals surface area contributed by atoms with Crippen molar-refractivity contribution in [3.63, 3.8) is 0 Å². The van der Waals surface area contributed by atoms with Gasteiger partial charge in [-0.15, -0.1) is 0 Å². The third kappa shape index (κ3) is 4.33. The number of hydrogen-bond acceptors (Lipinski definition) is 5. The summed E-state index contributed by atoms with van der Waals surface area (Å²) in [6.45, 7) is 2.29. The molecule has 0 aliphatic carbocycles. The predicted octanol–water partition coefficient (Wildman–Crippen LogP) is 5.07. The molecular weight excluding hydrogens is 496 g/mol. The highest BCUT2D eigenvalue weighted by molar-refractivity contribution is 14.1. The number of imide groups is 1. The summed E-state index contributed by atoms with van der Waals surface area (Å²) in [4.78, 5) is 26.3. The second kappa shape index (κ2) is 8.95. The number of rotatable bonds is 6. The van der Waals surface area contributed by atoms with E-state index in [0.29, 0.717) is 29.2 Å². The van der Waals surface area contributed by atoms with Crippen molar-refractivity contribution in [2.45, 2.75) is 13.5 Å². The molecule has 1 saturated heterocycles. The highest BCUT2D eigenvalue weighted by atomic mass is 127. The Morgan fingerprint density at radius 2 is 2.00 bits per heavy atom. The van der Waals surface area contributed by atoms with Crippen LogP contribution in [0.4, 0.5) is 9.18 Å². The van der Waals surface area contributed by atoms with Crippen molar-refractivity contribution >= 4 is 51.6 Å². The molecule has 0 aromatic heterocycles. The lowest BCUT2D eigenvalue weighted by molar-refractivity contribution is -0.123. The van der Waals surface area contributed by atoms with Crippen LogP contribution in [-0.4, -0.2) is 29.8 Å². The van der Waals surface area contributed by atoms with Crippen LogP contribution in [-0.2, 0) is 11.3 Å². The van der Waals surface area contributed by atoms with Crippen molar-refractivity contribution in [2.75, 3.05) is 13.7 Å². The Morgan fingerprint density at radius 1 is 1.25 bits per heavy atom. The SMILES string of the molecule is CCOc1c(I)cc(/C=C2\SC(=O)N(Cc3ccccc3F)C2=O)cc1OC. The van der Waals surface area contributed by atoms with Crippen LogP contribution >= 0.6 is 34.4 Å². The van der Waals surface area contributed by atoms with E-state index in [1.807, 2.05) is 13.0 Å². The van der Waals surface area contributed by atoms with E-state index in [1.54, 1.807) is 37.5 Å². The van der Waals surface area contributed by atoms with Gasteiger partial charge in [-0.3, -0.25) is 14.5 Å². The fourth-order valence-electron chi connectivity index (χ4n) is 2.69. The Bertz CT molecular complexity index is 963. The van der Waals surface area contributed by atoms with Crippen molar-refractivity contribution in [1.29, 1.82) is 0 Å². The first-order valence-electron chi connectivity index (χ1n) is 8.43. The van der Waals surface area contributed by atoms with Crippen molar-refractivity contribution in [3.05, 3.63) is 61.8 Å². The van der Waals surface area contributed by atoms with E-state index in [9.17, 15) is 14.0 Å². The zero-order valence-electron chi connectivity index (χ0n) is 15.2. The van der Waals surface area contributed by atoms with E-state index in [-0.39, 0.29) is 11.4 Å². The molecule has 0 bridgehead atoms. The number of benzene rings is 2. The van der Waals surface area contributed by atoms with Crippen molar-refractivity contribution < 1.29 is 23.5 Å². The molecule has 28 heavy (non-hydrogen) atoms. The van der Waals surface area contributed by atoms with Crippen LogP contribution in [0.15, 0.2) is 41.3 Å². The van der Waals surface area contributed by atoms with Gasteiger partial charge in [-0.2, -0.15) is 0 Å². The number of methoxy groups -OCH3 is 1. The van der Waals surface area contributed by atoms with Gasteiger partial charge in [0.2, 0.25) is 0 Å². The van der Waals surface area contributed by atoms with Gasteiger partial charge in [0.15, 0.2) is 11.5 Å². The number of carbonyl (C=O) groups is 2. The minimum absolute atomic E-state index is 0.0984. The van der Waals surface area contributed by atoms with Crippen LogP contribution in [0.25, 0.3) is 6.08 Å². The molecule has 1 fully saturated rings. The summed E-state index contributed by atoms with van der Waals surface area (Å²) >= 11 is 2.97. The van der Waals surface area contributed by atoms with Gasteiger partial charge >= 0.3 is 0 Å². The molecule has 0 saturated carbocycles. The van der Waals surface area contributed by atoms with Crippen molar-refractivity contribution in [3.8, 4) is 11.5 Å². The normalized spacial score (nSPS) is 15.4. The zero-order valence-corrected chi connectivity index (χ0v) is 18.2. The molecule has 5 nitrogen and oxygen atoms in total. The summed E-state index contributed by atoms with van der Waals surface area (Å²) in [5.41, 5.74) is 1.00. The maximum atomic E-state index is 13.9. The number of nitrogens with zero attached hydrogens (tertiary/aromatic N) is 1. The molecule has 0 atom stereocenters. The van der Waals surface area contributed by atoms with Gasteiger partial charge in [0, 0.05) is 5.56 Å². The van der Waals surface area contributed by atoms with Crippen LogP contribution < -0.4 is 9.47 Å². The molecule has 2 amide bonds. The van der Waals surface area contributed by atoms with E-state index in [2.05, 4.69) is 22.6 Å². The minimum Gasteiger partial charge on any atom is -0.493 e. The minimum atomic E-state index is -0.448. The smallest absolute Gasteiger partial charge is 0.293 e. The molecule has 8 heteroatoms. The molecule has 0 N–H and O–H groups in total. The topological polar surface area (TPSA) is 55.8 Å². The van der Waals surface area contributed by atoms with Crippen LogP contribution in [0.2, 0.25) is 0 Å². The second-order valence-electron chi connectivity index (χ2n) is 5.83. The number of amides is 2. The lowest BCUT2D eigenvalue weighted by atomic mass is 10.1. The van der Waals surface area contributed by atoms with Crippen LogP contribution in [0.1, 0.15) is 18.1 Å².